The summed E-state index contributed by atoms with van der Waals surface area (Å²) in [6, 6.07) is 1.97. The molecule has 6 atom stereocenters. The third-order valence-corrected chi connectivity index (χ3v) is 7.67. The summed E-state index contributed by atoms with van der Waals surface area (Å²) >= 11 is 0. The van der Waals surface area contributed by atoms with Crippen molar-refractivity contribution in [2.45, 2.75) is 57.3 Å². The van der Waals surface area contributed by atoms with Crippen LogP contribution in [0, 0.1) is 16.7 Å². The molecule has 1 N–H and O–H groups in total. The highest BCUT2D eigenvalue weighted by Gasteiger charge is 2.69. The molecule has 25 heavy (non-hydrogen) atoms. The van der Waals surface area contributed by atoms with Gasteiger partial charge in [-0.05, 0) is 50.7 Å². The van der Waals surface area contributed by atoms with Crippen molar-refractivity contribution in [3.8, 4) is 0 Å². The Kier molecular flexibility index (Phi) is 2.99. The summed E-state index contributed by atoms with van der Waals surface area (Å²) < 4.78 is 17.3. The first-order chi connectivity index (χ1) is 11.9. The van der Waals surface area contributed by atoms with Gasteiger partial charge in [0, 0.05) is 22.0 Å². The van der Waals surface area contributed by atoms with Crippen molar-refractivity contribution in [1.82, 2.24) is 0 Å². The molecular formula is C20H24O5. The summed E-state index contributed by atoms with van der Waals surface area (Å²) in [5.74, 6) is -0.0849. The van der Waals surface area contributed by atoms with Crippen LogP contribution >= 0.6 is 0 Å². The fraction of sp³-hybridized carbons (Fsp3) is 0.650. The number of rotatable bonds is 1. The van der Waals surface area contributed by atoms with Crippen molar-refractivity contribution < 1.29 is 23.8 Å². The fourth-order valence-electron chi connectivity index (χ4n) is 6.11. The van der Waals surface area contributed by atoms with Gasteiger partial charge < -0.3 is 19.0 Å². The predicted octanol–water partition coefficient (Wildman–Crippen LogP) is 3.15. The van der Waals surface area contributed by atoms with Crippen LogP contribution in [0.15, 0.2) is 34.7 Å². The van der Waals surface area contributed by atoms with Crippen molar-refractivity contribution in [1.29, 1.82) is 0 Å². The largest absolute Gasteiger partial charge is 0.472 e. The molecule has 0 aromatic carbocycles. The summed E-state index contributed by atoms with van der Waals surface area (Å²) in [6.07, 6.45) is 7.86. The number of ether oxygens (including phenoxy) is 2. The van der Waals surface area contributed by atoms with E-state index in [-0.39, 0.29) is 34.4 Å². The van der Waals surface area contributed by atoms with Crippen LogP contribution in [0.5, 0.6) is 0 Å². The van der Waals surface area contributed by atoms with Gasteiger partial charge in [-0.2, -0.15) is 0 Å². The molecule has 1 saturated carbocycles. The number of hydrogen-bond acceptors (Lipinski definition) is 5. The molecule has 0 radical (unpaired) electrons. The maximum Gasteiger partial charge on any atom is 0.334 e. The van der Waals surface area contributed by atoms with Crippen molar-refractivity contribution in [3.05, 3.63) is 35.8 Å². The van der Waals surface area contributed by atoms with E-state index in [1.165, 1.54) is 0 Å². The highest BCUT2D eigenvalue weighted by Crippen LogP contribution is 2.69. The third-order valence-electron chi connectivity index (χ3n) is 7.67. The van der Waals surface area contributed by atoms with E-state index in [0.29, 0.717) is 18.6 Å². The number of esters is 1. The Bertz CT molecular complexity index is 752. The molecule has 5 rings (SSSR count). The van der Waals surface area contributed by atoms with Crippen molar-refractivity contribution in [2.75, 3.05) is 6.61 Å². The minimum Gasteiger partial charge on any atom is -0.472 e. The van der Waals surface area contributed by atoms with Crippen LogP contribution in [-0.4, -0.2) is 29.4 Å². The van der Waals surface area contributed by atoms with Gasteiger partial charge in [0.25, 0.3) is 0 Å². The van der Waals surface area contributed by atoms with Crippen molar-refractivity contribution in [2.24, 2.45) is 16.7 Å². The van der Waals surface area contributed by atoms with Gasteiger partial charge in [0.05, 0.1) is 30.3 Å². The molecule has 0 bridgehead atoms. The topological polar surface area (TPSA) is 68.9 Å². The number of aliphatic hydroxyl groups is 1. The minimum atomic E-state index is -0.592. The number of carbonyl (C=O) groups is 1. The van der Waals surface area contributed by atoms with E-state index in [9.17, 15) is 9.90 Å². The van der Waals surface area contributed by atoms with E-state index >= 15 is 0 Å². The molecular weight excluding hydrogens is 320 g/mol. The average molecular weight is 344 g/mol. The first-order valence-corrected chi connectivity index (χ1v) is 9.15. The Balaban J connectivity index is 1.59. The van der Waals surface area contributed by atoms with Gasteiger partial charge in [-0.3, -0.25) is 0 Å². The summed E-state index contributed by atoms with van der Waals surface area (Å²) in [6.45, 7) is 4.91. The summed E-state index contributed by atoms with van der Waals surface area (Å²) in [7, 11) is 0. The van der Waals surface area contributed by atoms with Gasteiger partial charge >= 0.3 is 5.97 Å². The zero-order valence-electron chi connectivity index (χ0n) is 14.7. The fourth-order valence-corrected chi connectivity index (χ4v) is 6.11. The first-order valence-electron chi connectivity index (χ1n) is 9.15. The van der Waals surface area contributed by atoms with Crippen LogP contribution in [0.25, 0.3) is 0 Å². The van der Waals surface area contributed by atoms with Gasteiger partial charge in [-0.1, -0.05) is 6.92 Å². The molecule has 1 spiro atoms. The Morgan fingerprint density at radius 1 is 1.28 bits per heavy atom. The lowest BCUT2D eigenvalue weighted by molar-refractivity contribution is -0.157. The Hall–Kier alpha value is -1.59. The second-order valence-corrected chi connectivity index (χ2v) is 8.68. The second-order valence-electron chi connectivity index (χ2n) is 8.68. The molecule has 5 nitrogen and oxygen atoms in total. The molecule has 0 unspecified atom stereocenters. The lowest BCUT2D eigenvalue weighted by Gasteiger charge is -2.58. The predicted molar refractivity (Wildman–Crippen MR) is 88.5 cm³/mol. The van der Waals surface area contributed by atoms with Crippen LogP contribution in [0.3, 0.4) is 0 Å². The normalized spacial score (nSPS) is 48.4. The van der Waals surface area contributed by atoms with Crippen LogP contribution in [-0.2, 0) is 14.3 Å². The zero-order valence-corrected chi connectivity index (χ0v) is 14.7. The highest BCUT2D eigenvalue weighted by molar-refractivity contribution is 5.93. The van der Waals surface area contributed by atoms with Crippen LogP contribution in [0.4, 0.5) is 0 Å². The van der Waals surface area contributed by atoms with Crippen molar-refractivity contribution in [3.63, 3.8) is 0 Å². The maximum absolute atomic E-state index is 12.3. The minimum absolute atomic E-state index is 0.00609. The number of fused-ring (bicyclic) bond motifs is 2. The monoisotopic (exact) mass is 344 g/mol. The molecule has 2 aliphatic carbocycles. The summed E-state index contributed by atoms with van der Waals surface area (Å²) in [5.41, 5.74) is 1.09. The van der Waals surface area contributed by atoms with Crippen LogP contribution < -0.4 is 0 Å². The van der Waals surface area contributed by atoms with Crippen molar-refractivity contribution >= 4 is 5.97 Å². The lowest BCUT2D eigenvalue weighted by Crippen LogP contribution is -2.59. The number of hydrogen-bond donors (Lipinski definition) is 1. The van der Waals surface area contributed by atoms with Gasteiger partial charge in [0.1, 0.15) is 6.61 Å². The number of carbonyl (C=O) groups excluding carboxylic acids is 1. The second kappa shape index (κ2) is 4.77. The SMILES string of the molecule is C[C@]12CC[C@@]34COC(=O)C3=C[C@H](O)C[C@@H]4[C@@]1(C)C[C@H](c1ccoc1)O2. The van der Waals surface area contributed by atoms with E-state index in [4.69, 9.17) is 13.9 Å². The average Bonchev–Trinajstić information content (AvgIpc) is 3.26. The Labute approximate surface area is 147 Å². The smallest absolute Gasteiger partial charge is 0.334 e. The molecule has 1 aromatic heterocycles. The molecule has 2 saturated heterocycles. The van der Waals surface area contributed by atoms with E-state index in [0.717, 1.165) is 24.8 Å². The van der Waals surface area contributed by atoms with E-state index in [2.05, 4.69) is 13.8 Å². The number of cyclic esters (lactones) is 1. The van der Waals surface area contributed by atoms with Crippen LogP contribution in [0.1, 0.15) is 51.2 Å². The molecule has 3 heterocycles. The number of aliphatic hydroxyl groups excluding tert-OH is 1. The first kappa shape index (κ1) is 15.6. The lowest BCUT2D eigenvalue weighted by atomic mass is 9.46. The molecule has 4 aliphatic rings. The zero-order chi connectivity index (χ0) is 17.4. The van der Waals surface area contributed by atoms with E-state index < -0.39 is 6.10 Å². The maximum atomic E-state index is 12.3. The third kappa shape index (κ3) is 1.83. The molecule has 3 fully saturated rings. The van der Waals surface area contributed by atoms with Crippen LogP contribution in [0.2, 0.25) is 0 Å². The molecule has 2 aliphatic heterocycles. The molecule has 134 valence electrons. The summed E-state index contributed by atoms with van der Waals surface area (Å²) in [5, 5.41) is 10.4. The van der Waals surface area contributed by atoms with Gasteiger partial charge in [-0.25, -0.2) is 4.79 Å². The van der Waals surface area contributed by atoms with Gasteiger partial charge in [0.15, 0.2) is 0 Å². The summed E-state index contributed by atoms with van der Waals surface area (Å²) in [4.78, 5) is 12.3. The van der Waals surface area contributed by atoms with E-state index in [1.54, 1.807) is 18.6 Å². The molecule has 1 aromatic rings. The number of furan rings is 1. The quantitative estimate of drug-likeness (QED) is 0.793. The Morgan fingerprint density at radius 3 is 2.88 bits per heavy atom. The molecule has 5 heteroatoms. The highest BCUT2D eigenvalue weighted by atomic mass is 16.5. The Morgan fingerprint density at radius 2 is 2.12 bits per heavy atom. The van der Waals surface area contributed by atoms with E-state index in [1.807, 2.05) is 6.07 Å². The molecule has 0 amide bonds. The van der Waals surface area contributed by atoms with Gasteiger partial charge in [0.2, 0.25) is 0 Å². The standard InChI is InChI=1S/C20H24O5/c1-18-9-15(12-3-6-23-10-12)25-19(18,2)4-5-20-11-24-17(22)14(20)7-13(21)8-16(18)20/h3,6-7,10,13,15-16,21H,4-5,8-9,11H2,1-2H3/t13-,15+,16+,18+,19-,20+/m0/s1. The van der Waals surface area contributed by atoms with Gasteiger partial charge in [-0.15, -0.1) is 0 Å².